The van der Waals surface area contributed by atoms with Crippen LogP contribution in [-0.4, -0.2) is 23.7 Å². The van der Waals surface area contributed by atoms with E-state index >= 15 is 0 Å². The minimum absolute atomic E-state index is 0.230. The molecule has 0 fully saturated rings. The van der Waals surface area contributed by atoms with Crippen molar-refractivity contribution in [2.45, 2.75) is 31.9 Å². The number of aromatic nitrogens is 1. The molecule has 0 N–H and O–H groups in total. The van der Waals surface area contributed by atoms with Crippen molar-refractivity contribution in [2.75, 3.05) is 11.4 Å². The molecule has 0 amide bonds. The van der Waals surface area contributed by atoms with E-state index in [0.717, 1.165) is 10.9 Å². The highest BCUT2D eigenvalue weighted by Gasteiger charge is 2.32. The van der Waals surface area contributed by atoms with E-state index < -0.39 is 12.7 Å². The highest BCUT2D eigenvalue weighted by molar-refractivity contribution is 6.18. The van der Waals surface area contributed by atoms with Crippen molar-refractivity contribution >= 4 is 28.3 Å². The van der Waals surface area contributed by atoms with Crippen LogP contribution in [0.2, 0.25) is 0 Å². The zero-order chi connectivity index (χ0) is 15.6. The number of fused-ring (bicyclic) bond motifs is 1. The molecule has 21 heavy (non-hydrogen) atoms. The molecule has 0 atom stereocenters. The van der Waals surface area contributed by atoms with Crippen LogP contribution in [0.5, 0.6) is 0 Å². The summed E-state index contributed by atoms with van der Waals surface area (Å²) in [5.74, 6) is 0.533. The summed E-state index contributed by atoms with van der Waals surface area (Å²) in [4.78, 5) is 5.60. The van der Waals surface area contributed by atoms with E-state index in [0.29, 0.717) is 11.3 Å². The Labute approximate surface area is 126 Å². The summed E-state index contributed by atoms with van der Waals surface area (Å²) >= 11 is 5.93. The van der Waals surface area contributed by atoms with Gasteiger partial charge < -0.3 is 4.90 Å². The van der Waals surface area contributed by atoms with Crippen molar-refractivity contribution < 1.29 is 13.2 Å². The third-order valence-electron chi connectivity index (χ3n) is 3.20. The second-order valence-corrected chi connectivity index (χ2v) is 5.39. The van der Waals surface area contributed by atoms with E-state index in [-0.39, 0.29) is 11.9 Å². The Morgan fingerprint density at radius 1 is 1.24 bits per heavy atom. The van der Waals surface area contributed by atoms with E-state index in [2.05, 4.69) is 4.98 Å². The number of hydrogen-bond acceptors (Lipinski definition) is 2. The second kappa shape index (κ2) is 6.10. The number of para-hydroxylation sites is 1. The average Bonchev–Trinajstić information content (AvgIpc) is 2.42. The Balaban J connectivity index is 2.52. The molecule has 0 aliphatic carbocycles. The molecular formula is C15H16ClF3N2. The largest absolute Gasteiger partial charge is 0.405 e. The first kappa shape index (κ1) is 15.9. The molecule has 114 valence electrons. The summed E-state index contributed by atoms with van der Waals surface area (Å²) < 4.78 is 38.3. The fourth-order valence-electron chi connectivity index (χ4n) is 2.21. The van der Waals surface area contributed by atoms with Crippen LogP contribution in [0.15, 0.2) is 30.3 Å². The fourth-order valence-corrected chi connectivity index (χ4v) is 2.43. The lowest BCUT2D eigenvalue weighted by atomic mass is 10.1. The fraction of sp³-hybridized carbons (Fsp3) is 0.400. The summed E-state index contributed by atoms with van der Waals surface area (Å²) in [5.41, 5.74) is 1.43. The van der Waals surface area contributed by atoms with E-state index in [1.807, 2.05) is 12.1 Å². The van der Waals surface area contributed by atoms with Gasteiger partial charge in [0.15, 0.2) is 0 Å². The zero-order valence-electron chi connectivity index (χ0n) is 11.8. The molecule has 1 heterocycles. The number of nitrogens with zero attached hydrogens (tertiary/aromatic N) is 2. The number of halogens is 4. The van der Waals surface area contributed by atoms with Crippen molar-refractivity contribution in [2.24, 2.45) is 0 Å². The van der Waals surface area contributed by atoms with E-state index in [1.54, 1.807) is 32.0 Å². The smallest absolute Gasteiger partial charge is 0.345 e. The highest BCUT2D eigenvalue weighted by Crippen LogP contribution is 2.28. The van der Waals surface area contributed by atoms with E-state index in [4.69, 9.17) is 11.6 Å². The van der Waals surface area contributed by atoms with Gasteiger partial charge in [0.25, 0.3) is 0 Å². The molecule has 0 aliphatic rings. The number of hydrogen-bond donors (Lipinski definition) is 0. The van der Waals surface area contributed by atoms with Crippen molar-refractivity contribution in [3.63, 3.8) is 0 Å². The highest BCUT2D eigenvalue weighted by atomic mass is 35.5. The first-order valence-electron chi connectivity index (χ1n) is 6.60. The monoisotopic (exact) mass is 316 g/mol. The summed E-state index contributed by atoms with van der Waals surface area (Å²) in [6.45, 7) is 2.39. The van der Waals surface area contributed by atoms with Gasteiger partial charge in [-0.3, -0.25) is 0 Å². The minimum Gasteiger partial charge on any atom is -0.345 e. The van der Waals surface area contributed by atoms with Crippen molar-refractivity contribution in [3.8, 4) is 0 Å². The number of rotatable bonds is 4. The predicted octanol–water partition coefficient (Wildman–Crippen LogP) is 4.75. The molecule has 1 aromatic heterocycles. The van der Waals surface area contributed by atoms with E-state index in [1.165, 1.54) is 4.90 Å². The van der Waals surface area contributed by atoms with Crippen LogP contribution in [0.3, 0.4) is 0 Å². The van der Waals surface area contributed by atoms with Gasteiger partial charge >= 0.3 is 6.18 Å². The van der Waals surface area contributed by atoms with Crippen molar-refractivity contribution in [1.29, 1.82) is 0 Å². The summed E-state index contributed by atoms with van der Waals surface area (Å²) in [7, 11) is 0. The van der Waals surface area contributed by atoms with Gasteiger partial charge in [0.05, 0.1) is 5.52 Å². The number of benzene rings is 1. The van der Waals surface area contributed by atoms with Crippen LogP contribution in [0.4, 0.5) is 19.0 Å². The van der Waals surface area contributed by atoms with Crippen LogP contribution < -0.4 is 4.90 Å². The lowest BCUT2D eigenvalue weighted by Gasteiger charge is -2.29. The van der Waals surface area contributed by atoms with Crippen LogP contribution in [0, 0.1) is 0 Å². The van der Waals surface area contributed by atoms with Gasteiger partial charge in [0, 0.05) is 17.3 Å². The molecule has 0 bridgehead atoms. The normalized spacial score (nSPS) is 12.1. The third kappa shape index (κ3) is 3.79. The Morgan fingerprint density at radius 2 is 1.90 bits per heavy atom. The van der Waals surface area contributed by atoms with Crippen molar-refractivity contribution in [3.05, 3.63) is 35.9 Å². The van der Waals surface area contributed by atoms with Crippen LogP contribution in [0.1, 0.15) is 19.4 Å². The van der Waals surface area contributed by atoms with Crippen LogP contribution in [0.25, 0.3) is 10.9 Å². The maximum absolute atomic E-state index is 12.8. The number of pyridine rings is 1. The topological polar surface area (TPSA) is 16.1 Å². The SMILES string of the molecule is CC(C)N(CC(F)(F)F)c1cc(CCl)c2ccccc2n1. The molecule has 0 spiro atoms. The van der Waals surface area contributed by atoms with Gasteiger partial charge in [-0.1, -0.05) is 18.2 Å². The Hall–Kier alpha value is -1.49. The van der Waals surface area contributed by atoms with Gasteiger partial charge in [-0.25, -0.2) is 4.98 Å². The van der Waals surface area contributed by atoms with Crippen molar-refractivity contribution in [1.82, 2.24) is 4.98 Å². The van der Waals surface area contributed by atoms with Gasteiger partial charge in [-0.2, -0.15) is 13.2 Å². The number of alkyl halides is 4. The van der Waals surface area contributed by atoms with Gasteiger partial charge in [0.2, 0.25) is 0 Å². The van der Waals surface area contributed by atoms with Crippen LogP contribution in [-0.2, 0) is 5.88 Å². The summed E-state index contributed by atoms with van der Waals surface area (Å²) in [6, 6.07) is 8.63. The van der Waals surface area contributed by atoms with Gasteiger partial charge in [0.1, 0.15) is 12.4 Å². The summed E-state index contributed by atoms with van der Waals surface area (Å²) in [5, 5.41) is 0.868. The molecule has 1 aromatic carbocycles. The molecule has 2 rings (SSSR count). The standard InChI is InChI=1S/C15H16ClF3N2/c1-10(2)21(9-15(17,18)19)14-7-11(8-16)12-5-3-4-6-13(12)20-14/h3-7,10H,8-9H2,1-2H3. The molecule has 0 saturated heterocycles. The Morgan fingerprint density at radius 3 is 2.48 bits per heavy atom. The molecule has 0 aliphatic heterocycles. The van der Waals surface area contributed by atoms with Gasteiger partial charge in [-0.15, -0.1) is 11.6 Å². The third-order valence-corrected chi connectivity index (χ3v) is 3.49. The maximum Gasteiger partial charge on any atom is 0.405 e. The maximum atomic E-state index is 12.8. The quantitative estimate of drug-likeness (QED) is 0.757. The lowest BCUT2D eigenvalue weighted by Crippen LogP contribution is -2.39. The molecule has 2 nitrogen and oxygen atoms in total. The number of anilines is 1. The zero-order valence-corrected chi connectivity index (χ0v) is 12.5. The molecule has 6 heteroatoms. The Kier molecular flexibility index (Phi) is 4.61. The Bertz CT molecular complexity index is 626. The lowest BCUT2D eigenvalue weighted by molar-refractivity contribution is -0.120. The van der Waals surface area contributed by atoms with Crippen LogP contribution >= 0.6 is 11.6 Å². The molecule has 0 radical (unpaired) electrons. The second-order valence-electron chi connectivity index (χ2n) is 5.13. The van der Waals surface area contributed by atoms with E-state index in [9.17, 15) is 13.2 Å². The van der Waals surface area contributed by atoms with Gasteiger partial charge in [-0.05, 0) is 31.5 Å². The molecular weight excluding hydrogens is 301 g/mol. The first-order valence-corrected chi connectivity index (χ1v) is 7.13. The predicted molar refractivity (Wildman–Crippen MR) is 79.8 cm³/mol. The first-order chi connectivity index (χ1) is 9.81. The molecule has 0 unspecified atom stereocenters. The summed E-state index contributed by atoms with van der Waals surface area (Å²) in [6.07, 6.45) is -4.28. The average molecular weight is 317 g/mol. The molecule has 0 saturated carbocycles. The molecule has 2 aromatic rings. The minimum atomic E-state index is -4.28.